The number of alkyl halides is 3. The predicted molar refractivity (Wildman–Crippen MR) is 133 cm³/mol. The van der Waals surface area contributed by atoms with Crippen LogP contribution in [0.15, 0.2) is 54.7 Å². The molecule has 4 aromatic rings. The Kier molecular flexibility index (Phi) is 9.26. The molecule has 0 bridgehead atoms. The fraction of sp³-hybridized carbons (Fsp3) is 0.0909. The number of ether oxygens (including phenoxy) is 1. The average Bonchev–Trinajstić information content (AvgIpc) is 3.16. The van der Waals surface area contributed by atoms with Crippen molar-refractivity contribution in [3.63, 3.8) is 0 Å². The summed E-state index contributed by atoms with van der Waals surface area (Å²) in [5.41, 5.74) is -0.501. The molecule has 0 saturated heterocycles. The number of aromatic nitrogens is 3. The quantitative estimate of drug-likeness (QED) is 0.212. The van der Waals surface area contributed by atoms with Crippen molar-refractivity contribution >= 4 is 65.2 Å². The Hall–Kier alpha value is -4.10. The molecule has 0 saturated carbocycles. The van der Waals surface area contributed by atoms with Gasteiger partial charge in [0.25, 0.3) is 0 Å². The zero-order valence-corrected chi connectivity index (χ0v) is 20.3. The number of carbonyl (C=O) groups is 2. The number of hydrogen-bond donors (Lipinski definition) is 4. The number of H-pyrrole nitrogens is 1. The Labute approximate surface area is 218 Å². The first-order chi connectivity index (χ1) is 16.6. The van der Waals surface area contributed by atoms with Gasteiger partial charge in [-0.25, -0.2) is 19.2 Å². The van der Waals surface area contributed by atoms with Gasteiger partial charge in [-0.05, 0) is 42.5 Å². The van der Waals surface area contributed by atoms with Crippen molar-refractivity contribution in [1.82, 2.24) is 15.0 Å². The highest BCUT2D eigenvalue weighted by molar-refractivity contribution is 5.99. The van der Waals surface area contributed by atoms with Gasteiger partial charge in [-0.3, -0.25) is 15.4 Å². The van der Waals surface area contributed by atoms with Crippen molar-refractivity contribution in [2.45, 2.75) is 13.1 Å². The topological polar surface area (TPSA) is 121 Å². The number of pyridine rings is 1. The molecule has 196 valence electrons. The van der Waals surface area contributed by atoms with Gasteiger partial charge in [0.15, 0.2) is 0 Å². The summed E-state index contributed by atoms with van der Waals surface area (Å²) in [6.45, 7) is 1.36. The highest BCUT2D eigenvalue weighted by Crippen LogP contribution is 2.32. The zero-order valence-electron chi connectivity index (χ0n) is 18.6. The summed E-state index contributed by atoms with van der Waals surface area (Å²) in [6, 6.07) is 8.60. The van der Waals surface area contributed by atoms with Gasteiger partial charge in [0.1, 0.15) is 23.1 Å². The molecule has 3 amide bonds. The van der Waals surface area contributed by atoms with E-state index in [2.05, 4.69) is 25.6 Å². The van der Waals surface area contributed by atoms with Gasteiger partial charge >= 0.3 is 12.2 Å². The normalized spacial score (nSPS) is 10.6. The maximum Gasteiger partial charge on any atom is 0.416 e. The van der Waals surface area contributed by atoms with E-state index in [1.54, 1.807) is 18.2 Å². The van der Waals surface area contributed by atoms with E-state index in [-0.39, 0.29) is 36.5 Å². The molecule has 9 nitrogen and oxygen atoms in total. The van der Waals surface area contributed by atoms with Gasteiger partial charge in [0.05, 0.1) is 28.5 Å². The summed E-state index contributed by atoms with van der Waals surface area (Å²) in [5, 5.41) is 6.87. The highest BCUT2D eigenvalue weighted by Gasteiger charge is 2.31. The number of urea groups is 1. The second kappa shape index (κ2) is 11.8. The van der Waals surface area contributed by atoms with Crippen LogP contribution in [0.1, 0.15) is 12.5 Å². The third-order valence-corrected chi connectivity index (χ3v) is 4.50. The van der Waals surface area contributed by atoms with E-state index in [0.717, 1.165) is 0 Å². The molecule has 0 atom stereocenters. The molecule has 4 N–H and O–H groups in total. The molecule has 0 spiro atoms. The lowest BCUT2D eigenvalue weighted by molar-refractivity contribution is -0.137. The monoisotopic (exact) mass is 560 g/mol. The van der Waals surface area contributed by atoms with Crippen molar-refractivity contribution < 1.29 is 31.9 Å². The fourth-order valence-electron chi connectivity index (χ4n) is 2.99. The summed E-state index contributed by atoms with van der Waals surface area (Å²) in [5.74, 6) is -0.206. The Morgan fingerprint density at radius 3 is 2.32 bits per heavy atom. The first-order valence-electron chi connectivity index (χ1n) is 9.93. The molecule has 15 heteroatoms. The van der Waals surface area contributed by atoms with Gasteiger partial charge in [0.2, 0.25) is 11.9 Å². The van der Waals surface area contributed by atoms with Crippen molar-refractivity contribution in [3.8, 4) is 11.5 Å². The number of carbonyl (C=O) groups excluding carboxylic acids is 2. The molecular weight excluding hydrogens is 543 g/mol. The van der Waals surface area contributed by atoms with Crippen LogP contribution in [0.3, 0.4) is 0 Å². The molecule has 2 heterocycles. The standard InChI is InChI=1S/C22H16F4N6O3.2ClH/c1-11(33)28-20-29-16-6-3-13(9-18(16)30-20)35-14-4-7-19(27-10-14)32-21(34)31-17-8-12(22(24,25)26)2-5-15(17)23;;/h2-10H,1H3,(H2,27,31,32,34)(H2,28,29,30,33);2*1H. The number of nitrogens with zero attached hydrogens (tertiary/aromatic N) is 2. The summed E-state index contributed by atoms with van der Waals surface area (Å²) in [4.78, 5) is 34.4. The second-order valence-corrected chi connectivity index (χ2v) is 7.20. The molecule has 37 heavy (non-hydrogen) atoms. The van der Waals surface area contributed by atoms with Crippen LogP contribution in [0, 0.1) is 5.82 Å². The highest BCUT2D eigenvalue weighted by atomic mass is 35.5. The van der Waals surface area contributed by atoms with Crippen LogP contribution in [0.4, 0.5) is 39.8 Å². The van der Waals surface area contributed by atoms with E-state index in [1.165, 1.54) is 25.3 Å². The summed E-state index contributed by atoms with van der Waals surface area (Å²) >= 11 is 0. The molecule has 0 aliphatic heterocycles. The van der Waals surface area contributed by atoms with E-state index in [4.69, 9.17) is 4.74 Å². The zero-order chi connectivity index (χ0) is 25.2. The molecule has 0 aliphatic carbocycles. The first-order valence-corrected chi connectivity index (χ1v) is 9.93. The molecule has 4 rings (SSSR count). The molecular formula is C22H18Cl2F4N6O3. The van der Waals surface area contributed by atoms with Crippen LogP contribution in [0.5, 0.6) is 11.5 Å². The van der Waals surface area contributed by atoms with E-state index in [1.807, 2.05) is 5.32 Å². The number of rotatable bonds is 5. The molecule has 2 aromatic heterocycles. The largest absolute Gasteiger partial charge is 0.456 e. The van der Waals surface area contributed by atoms with E-state index >= 15 is 0 Å². The van der Waals surface area contributed by atoms with E-state index < -0.39 is 29.3 Å². The number of anilines is 3. The molecule has 2 aromatic carbocycles. The van der Waals surface area contributed by atoms with Crippen molar-refractivity contribution in [2.24, 2.45) is 0 Å². The average molecular weight is 561 g/mol. The van der Waals surface area contributed by atoms with E-state index in [0.29, 0.717) is 46.7 Å². The van der Waals surface area contributed by atoms with Crippen LogP contribution < -0.4 is 20.7 Å². The third-order valence-electron chi connectivity index (χ3n) is 4.50. The number of fused-ring (bicyclic) bond motifs is 1. The number of imidazole rings is 1. The maximum atomic E-state index is 13.8. The van der Waals surface area contributed by atoms with Gasteiger partial charge < -0.3 is 15.0 Å². The van der Waals surface area contributed by atoms with Gasteiger partial charge in [-0.1, -0.05) is 0 Å². The maximum absolute atomic E-state index is 13.8. The van der Waals surface area contributed by atoms with Crippen molar-refractivity contribution in [2.75, 3.05) is 16.0 Å². The number of halogens is 6. The number of hydrogen-bond acceptors (Lipinski definition) is 5. The Morgan fingerprint density at radius 1 is 0.946 bits per heavy atom. The van der Waals surface area contributed by atoms with Crippen molar-refractivity contribution in [1.29, 1.82) is 0 Å². The molecule has 0 aliphatic rings. The number of nitrogens with one attached hydrogen (secondary N) is 4. The van der Waals surface area contributed by atoms with Crippen LogP contribution in [-0.2, 0) is 11.0 Å². The smallest absolute Gasteiger partial charge is 0.416 e. The Bertz CT molecular complexity index is 1410. The third kappa shape index (κ3) is 7.44. The first kappa shape index (κ1) is 29.1. The molecule has 0 fully saturated rings. The van der Waals surface area contributed by atoms with Gasteiger partial charge in [0, 0.05) is 13.0 Å². The summed E-state index contributed by atoms with van der Waals surface area (Å²) in [6.07, 6.45) is -3.38. The number of benzene rings is 2. The fourth-order valence-corrected chi connectivity index (χ4v) is 2.99. The minimum atomic E-state index is -4.69. The van der Waals surface area contributed by atoms with Crippen molar-refractivity contribution in [3.05, 3.63) is 66.1 Å². The van der Waals surface area contributed by atoms with Crippen LogP contribution >= 0.6 is 24.8 Å². The van der Waals surface area contributed by atoms with Crippen LogP contribution in [-0.4, -0.2) is 26.9 Å². The van der Waals surface area contributed by atoms with Crippen LogP contribution in [0.2, 0.25) is 0 Å². The van der Waals surface area contributed by atoms with Gasteiger partial charge in [-0.2, -0.15) is 13.2 Å². The Morgan fingerprint density at radius 2 is 1.68 bits per heavy atom. The SMILES string of the molecule is CC(=O)Nc1nc2cc(Oc3ccc(NC(=O)Nc4cc(C(F)(F)F)ccc4F)nc3)ccc2[nH]1.Cl.Cl. The van der Waals surface area contributed by atoms with Crippen LogP contribution in [0.25, 0.3) is 11.0 Å². The predicted octanol–water partition coefficient (Wildman–Crippen LogP) is 6.35. The Balaban J connectivity index is 0.00000241. The lowest BCUT2D eigenvalue weighted by Gasteiger charge is -2.12. The summed E-state index contributed by atoms with van der Waals surface area (Å²) < 4.78 is 57.9. The molecule has 0 unspecified atom stereocenters. The minimum Gasteiger partial charge on any atom is -0.456 e. The summed E-state index contributed by atoms with van der Waals surface area (Å²) in [7, 11) is 0. The van der Waals surface area contributed by atoms with E-state index in [9.17, 15) is 27.2 Å². The minimum absolute atomic E-state index is 0. The number of aromatic amines is 1. The lowest BCUT2D eigenvalue weighted by atomic mass is 10.2. The second-order valence-electron chi connectivity index (χ2n) is 7.20. The number of amides is 3. The lowest BCUT2D eigenvalue weighted by Crippen LogP contribution is -2.21. The molecule has 0 radical (unpaired) electrons. The van der Waals surface area contributed by atoms with Gasteiger partial charge in [-0.15, -0.1) is 24.8 Å².